The van der Waals surface area contributed by atoms with Crippen molar-refractivity contribution >= 4 is 12.4 Å². The lowest BCUT2D eigenvalue weighted by molar-refractivity contribution is -0.275. The molecule has 1 fully saturated rings. The monoisotopic (exact) mass is 338 g/mol. The van der Waals surface area contributed by atoms with Gasteiger partial charge in [0.05, 0.1) is 0 Å². The summed E-state index contributed by atoms with van der Waals surface area (Å²) in [7, 11) is 1.93. The van der Waals surface area contributed by atoms with E-state index in [-0.39, 0.29) is 18.2 Å². The Balaban J connectivity index is 0.00000242. The standard InChI is InChI=1S/C15H21F3N2O.ClH/c1-20(10-12-5-4-8-19-9-12)11-13-6-2-3-7-14(13)21-15(16,17)18;/h2-3,6-7,12,19H,4-5,8-11H2,1H3;1H. The van der Waals surface area contributed by atoms with Gasteiger partial charge in [0.2, 0.25) is 0 Å². The van der Waals surface area contributed by atoms with Crippen LogP contribution in [0.3, 0.4) is 0 Å². The topological polar surface area (TPSA) is 24.5 Å². The molecule has 1 aromatic carbocycles. The fraction of sp³-hybridized carbons (Fsp3) is 0.600. The van der Waals surface area contributed by atoms with Crippen molar-refractivity contribution < 1.29 is 17.9 Å². The Bertz CT molecular complexity index is 451. The van der Waals surface area contributed by atoms with E-state index in [9.17, 15) is 13.2 Å². The summed E-state index contributed by atoms with van der Waals surface area (Å²) in [6.07, 6.45) is -2.33. The van der Waals surface area contributed by atoms with Crippen LogP contribution in [0, 0.1) is 5.92 Å². The van der Waals surface area contributed by atoms with E-state index in [1.807, 2.05) is 7.05 Å². The molecule has 0 aliphatic carbocycles. The molecule has 0 bridgehead atoms. The summed E-state index contributed by atoms with van der Waals surface area (Å²) in [6.45, 7) is 3.35. The molecule has 2 rings (SSSR count). The molecule has 1 N–H and O–H groups in total. The molecule has 1 heterocycles. The number of nitrogens with zero attached hydrogens (tertiary/aromatic N) is 1. The second-order valence-electron chi connectivity index (χ2n) is 5.56. The minimum atomic E-state index is -4.65. The third kappa shape index (κ3) is 6.42. The van der Waals surface area contributed by atoms with Crippen LogP contribution in [-0.4, -0.2) is 37.9 Å². The lowest BCUT2D eigenvalue weighted by Crippen LogP contribution is -2.36. The highest BCUT2D eigenvalue weighted by Crippen LogP contribution is 2.27. The minimum absolute atomic E-state index is 0. The lowest BCUT2D eigenvalue weighted by Gasteiger charge is -2.28. The molecule has 0 radical (unpaired) electrons. The molecule has 0 amide bonds. The third-order valence-corrected chi connectivity index (χ3v) is 3.61. The normalized spacial score (nSPS) is 18.9. The van der Waals surface area contributed by atoms with E-state index in [1.54, 1.807) is 18.2 Å². The largest absolute Gasteiger partial charge is 0.573 e. The zero-order chi connectivity index (χ0) is 15.3. The van der Waals surface area contributed by atoms with Crippen molar-refractivity contribution in [2.45, 2.75) is 25.7 Å². The number of rotatable bonds is 5. The molecule has 1 unspecified atom stereocenters. The SMILES string of the molecule is CN(Cc1ccccc1OC(F)(F)F)CC1CCCNC1.Cl. The van der Waals surface area contributed by atoms with E-state index in [2.05, 4.69) is 15.0 Å². The Hall–Kier alpha value is -0.980. The van der Waals surface area contributed by atoms with Gasteiger partial charge in [0.1, 0.15) is 5.75 Å². The molecular weight excluding hydrogens is 317 g/mol. The summed E-state index contributed by atoms with van der Waals surface area (Å²) in [6, 6.07) is 6.32. The van der Waals surface area contributed by atoms with Gasteiger partial charge < -0.3 is 15.0 Å². The van der Waals surface area contributed by atoms with Crippen molar-refractivity contribution in [2.75, 3.05) is 26.7 Å². The van der Waals surface area contributed by atoms with Gasteiger partial charge in [-0.3, -0.25) is 0 Å². The number of halogens is 4. The lowest BCUT2D eigenvalue weighted by atomic mass is 9.99. The van der Waals surface area contributed by atoms with Gasteiger partial charge in [-0.2, -0.15) is 0 Å². The van der Waals surface area contributed by atoms with Gasteiger partial charge in [0, 0.05) is 18.7 Å². The van der Waals surface area contributed by atoms with Crippen LogP contribution in [0.4, 0.5) is 13.2 Å². The quantitative estimate of drug-likeness (QED) is 0.890. The fourth-order valence-corrected chi connectivity index (χ4v) is 2.73. The maximum absolute atomic E-state index is 12.4. The zero-order valence-electron chi connectivity index (χ0n) is 12.5. The fourth-order valence-electron chi connectivity index (χ4n) is 2.73. The van der Waals surface area contributed by atoms with Gasteiger partial charge in [-0.1, -0.05) is 18.2 Å². The van der Waals surface area contributed by atoms with Gasteiger partial charge in [-0.25, -0.2) is 0 Å². The van der Waals surface area contributed by atoms with E-state index < -0.39 is 6.36 Å². The number of hydrogen-bond acceptors (Lipinski definition) is 3. The van der Waals surface area contributed by atoms with Crippen LogP contribution < -0.4 is 10.1 Å². The molecule has 7 heteroatoms. The number of hydrogen-bond donors (Lipinski definition) is 1. The van der Waals surface area contributed by atoms with Gasteiger partial charge >= 0.3 is 6.36 Å². The molecule has 1 aromatic rings. The highest BCUT2D eigenvalue weighted by atomic mass is 35.5. The van der Waals surface area contributed by atoms with Gasteiger partial charge in [0.15, 0.2) is 0 Å². The Morgan fingerprint density at radius 3 is 2.68 bits per heavy atom. The first kappa shape index (κ1) is 19.1. The molecule has 1 atom stereocenters. The van der Waals surface area contributed by atoms with Crippen molar-refractivity contribution in [2.24, 2.45) is 5.92 Å². The molecule has 0 saturated carbocycles. The van der Waals surface area contributed by atoms with Crippen LogP contribution in [-0.2, 0) is 6.54 Å². The van der Waals surface area contributed by atoms with Crippen molar-refractivity contribution in [3.8, 4) is 5.75 Å². The molecule has 0 aromatic heterocycles. The average molecular weight is 339 g/mol. The number of nitrogens with one attached hydrogen (secondary N) is 1. The van der Waals surface area contributed by atoms with Gasteiger partial charge in [-0.15, -0.1) is 25.6 Å². The first-order valence-corrected chi connectivity index (χ1v) is 7.17. The molecular formula is C15H22ClF3N2O. The van der Waals surface area contributed by atoms with Crippen LogP contribution in [0.1, 0.15) is 18.4 Å². The Morgan fingerprint density at radius 2 is 2.05 bits per heavy atom. The van der Waals surface area contributed by atoms with E-state index in [1.165, 1.54) is 6.07 Å². The highest BCUT2D eigenvalue weighted by molar-refractivity contribution is 5.85. The minimum Gasteiger partial charge on any atom is -0.405 e. The van der Waals surface area contributed by atoms with Crippen molar-refractivity contribution in [1.29, 1.82) is 0 Å². The van der Waals surface area contributed by atoms with Crippen LogP contribution in [0.5, 0.6) is 5.75 Å². The van der Waals surface area contributed by atoms with E-state index in [0.29, 0.717) is 18.0 Å². The third-order valence-electron chi connectivity index (χ3n) is 3.61. The Kier molecular flexibility index (Phi) is 7.45. The summed E-state index contributed by atoms with van der Waals surface area (Å²) in [5, 5.41) is 3.35. The first-order chi connectivity index (χ1) is 9.94. The molecule has 0 spiro atoms. The van der Waals surface area contributed by atoms with Gasteiger partial charge in [0.25, 0.3) is 0 Å². The van der Waals surface area contributed by atoms with Crippen molar-refractivity contribution in [1.82, 2.24) is 10.2 Å². The van der Waals surface area contributed by atoms with E-state index >= 15 is 0 Å². The maximum Gasteiger partial charge on any atom is 0.573 e. The van der Waals surface area contributed by atoms with E-state index in [0.717, 1.165) is 32.5 Å². The average Bonchev–Trinajstić information content (AvgIpc) is 2.40. The van der Waals surface area contributed by atoms with Crippen molar-refractivity contribution in [3.63, 3.8) is 0 Å². The second-order valence-corrected chi connectivity index (χ2v) is 5.56. The Morgan fingerprint density at radius 1 is 1.32 bits per heavy atom. The van der Waals surface area contributed by atoms with E-state index in [4.69, 9.17) is 0 Å². The first-order valence-electron chi connectivity index (χ1n) is 7.17. The molecule has 126 valence electrons. The van der Waals surface area contributed by atoms with Crippen LogP contribution in [0.25, 0.3) is 0 Å². The van der Waals surface area contributed by atoms with Gasteiger partial charge in [-0.05, 0) is 45.0 Å². The second kappa shape index (κ2) is 8.60. The van der Waals surface area contributed by atoms with Crippen LogP contribution in [0.15, 0.2) is 24.3 Å². The van der Waals surface area contributed by atoms with Crippen LogP contribution in [0.2, 0.25) is 0 Å². The summed E-state index contributed by atoms with van der Waals surface area (Å²) in [5.74, 6) is 0.443. The number of ether oxygens (including phenoxy) is 1. The van der Waals surface area contributed by atoms with Crippen LogP contribution >= 0.6 is 12.4 Å². The Labute approximate surface area is 135 Å². The molecule has 1 aliphatic heterocycles. The molecule has 1 aliphatic rings. The van der Waals surface area contributed by atoms with Crippen molar-refractivity contribution in [3.05, 3.63) is 29.8 Å². The molecule has 22 heavy (non-hydrogen) atoms. The summed E-state index contributed by atoms with van der Waals surface area (Å²) in [5.41, 5.74) is 0.557. The predicted octanol–water partition coefficient (Wildman–Crippen LogP) is 3.44. The number of para-hydroxylation sites is 1. The smallest absolute Gasteiger partial charge is 0.405 e. The number of alkyl halides is 3. The predicted molar refractivity (Wildman–Crippen MR) is 82.3 cm³/mol. The summed E-state index contributed by atoms with van der Waals surface area (Å²) in [4.78, 5) is 2.05. The highest BCUT2D eigenvalue weighted by Gasteiger charge is 2.32. The zero-order valence-corrected chi connectivity index (χ0v) is 13.3. The number of benzene rings is 1. The molecule has 1 saturated heterocycles. The summed E-state index contributed by atoms with van der Waals surface area (Å²) >= 11 is 0. The molecule has 3 nitrogen and oxygen atoms in total. The maximum atomic E-state index is 12.4. The summed E-state index contributed by atoms with van der Waals surface area (Å²) < 4.78 is 41.2. The number of piperidine rings is 1.